The second kappa shape index (κ2) is 5.98. The van der Waals surface area contributed by atoms with E-state index in [0.29, 0.717) is 5.39 Å². The van der Waals surface area contributed by atoms with Gasteiger partial charge >= 0.3 is 6.18 Å². The van der Waals surface area contributed by atoms with E-state index in [4.69, 9.17) is 11.6 Å². The second-order valence-corrected chi connectivity index (χ2v) is 7.30. The van der Waals surface area contributed by atoms with Gasteiger partial charge in [-0.2, -0.15) is 13.2 Å². The average molecular weight is 362 g/mol. The highest BCUT2D eigenvalue weighted by Crippen LogP contribution is 2.40. The third kappa shape index (κ3) is 3.48. The molecule has 0 bridgehead atoms. The summed E-state index contributed by atoms with van der Waals surface area (Å²) in [4.78, 5) is 13.8. The molecule has 0 saturated heterocycles. The van der Waals surface area contributed by atoms with Gasteiger partial charge in [0.1, 0.15) is 11.4 Å². The van der Waals surface area contributed by atoms with Crippen molar-refractivity contribution in [2.24, 2.45) is 5.92 Å². The molecule has 1 aromatic heterocycles. The van der Waals surface area contributed by atoms with E-state index in [0.717, 1.165) is 33.8 Å². The number of carbonyl (C=O) groups is 1. The van der Waals surface area contributed by atoms with Crippen molar-refractivity contribution < 1.29 is 18.0 Å². The van der Waals surface area contributed by atoms with E-state index in [-0.39, 0.29) is 15.8 Å². The van der Waals surface area contributed by atoms with Crippen molar-refractivity contribution in [2.75, 3.05) is 6.54 Å². The van der Waals surface area contributed by atoms with Crippen LogP contribution in [0.5, 0.6) is 0 Å². The molecule has 2 aromatic rings. The lowest BCUT2D eigenvalue weighted by Gasteiger charge is -2.30. The first kappa shape index (κ1) is 16.6. The monoisotopic (exact) mass is 361 g/mol. The highest BCUT2D eigenvalue weighted by Gasteiger charge is 2.41. The standard InChI is InChI=1S/C16H15ClF3NOS/c1-9(10-6-7-10)21(8-16(18,19)20)15(22)14-13(17)11-4-2-3-5-12(11)23-14/h2-5,9-10H,6-8H2,1H3/t9-/m1/s1. The first-order valence-corrected chi connectivity index (χ1v) is 8.52. The smallest absolute Gasteiger partial charge is 0.326 e. The molecule has 1 amide bonds. The zero-order valence-corrected chi connectivity index (χ0v) is 13.9. The summed E-state index contributed by atoms with van der Waals surface area (Å²) in [7, 11) is 0. The van der Waals surface area contributed by atoms with Gasteiger partial charge in [-0.15, -0.1) is 11.3 Å². The van der Waals surface area contributed by atoms with Crippen molar-refractivity contribution in [1.82, 2.24) is 4.90 Å². The Morgan fingerprint density at radius 1 is 1.39 bits per heavy atom. The molecule has 1 atom stereocenters. The number of alkyl halides is 3. The quantitative estimate of drug-likeness (QED) is 0.718. The van der Waals surface area contributed by atoms with Gasteiger partial charge in [0.25, 0.3) is 5.91 Å². The largest absolute Gasteiger partial charge is 0.406 e. The van der Waals surface area contributed by atoms with Gasteiger partial charge < -0.3 is 4.90 Å². The van der Waals surface area contributed by atoms with Crippen molar-refractivity contribution in [1.29, 1.82) is 0 Å². The highest BCUT2D eigenvalue weighted by molar-refractivity contribution is 7.21. The topological polar surface area (TPSA) is 20.3 Å². The number of hydrogen-bond donors (Lipinski definition) is 0. The molecule has 124 valence electrons. The molecule has 1 aliphatic rings. The van der Waals surface area contributed by atoms with E-state index in [2.05, 4.69) is 0 Å². The summed E-state index contributed by atoms with van der Waals surface area (Å²) in [6.45, 7) is 0.441. The summed E-state index contributed by atoms with van der Waals surface area (Å²) < 4.78 is 39.5. The normalized spacial score (nSPS) is 16.6. The molecule has 3 rings (SSSR count). The number of fused-ring (bicyclic) bond motifs is 1. The molecule has 0 unspecified atom stereocenters. The second-order valence-electron chi connectivity index (χ2n) is 5.87. The van der Waals surface area contributed by atoms with Gasteiger partial charge in [0.2, 0.25) is 0 Å². The van der Waals surface area contributed by atoms with Gasteiger partial charge in [-0.05, 0) is 31.7 Å². The first-order chi connectivity index (χ1) is 10.8. The fourth-order valence-corrected chi connectivity index (χ4v) is 4.18. The minimum Gasteiger partial charge on any atom is -0.326 e. The van der Waals surface area contributed by atoms with Crippen LogP contribution in [-0.2, 0) is 0 Å². The average Bonchev–Trinajstić information content (AvgIpc) is 3.28. The van der Waals surface area contributed by atoms with Crippen molar-refractivity contribution in [3.8, 4) is 0 Å². The van der Waals surface area contributed by atoms with E-state index in [1.807, 2.05) is 6.07 Å². The van der Waals surface area contributed by atoms with Crippen molar-refractivity contribution in [3.63, 3.8) is 0 Å². The van der Waals surface area contributed by atoms with Gasteiger partial charge in [0, 0.05) is 16.1 Å². The Balaban J connectivity index is 1.96. The molecule has 0 N–H and O–H groups in total. The van der Waals surface area contributed by atoms with Gasteiger partial charge in [-0.1, -0.05) is 29.8 Å². The summed E-state index contributed by atoms with van der Waals surface area (Å²) in [6.07, 6.45) is -2.70. The van der Waals surface area contributed by atoms with E-state index in [1.165, 1.54) is 0 Å². The molecule has 1 aliphatic carbocycles. The minimum atomic E-state index is -4.43. The molecule has 23 heavy (non-hydrogen) atoms. The Hall–Kier alpha value is -1.27. The SMILES string of the molecule is C[C@H](C1CC1)N(CC(F)(F)F)C(=O)c1sc2ccccc2c1Cl. The van der Waals surface area contributed by atoms with Crippen LogP contribution < -0.4 is 0 Å². The first-order valence-electron chi connectivity index (χ1n) is 7.32. The highest BCUT2D eigenvalue weighted by atomic mass is 35.5. The molecular weight excluding hydrogens is 347 g/mol. The maximum atomic E-state index is 12.9. The van der Waals surface area contributed by atoms with Crippen LogP contribution in [0.1, 0.15) is 29.4 Å². The number of benzene rings is 1. The minimum absolute atomic E-state index is 0.148. The van der Waals surface area contributed by atoms with Crippen LogP contribution in [0.4, 0.5) is 13.2 Å². The van der Waals surface area contributed by atoms with E-state index in [9.17, 15) is 18.0 Å². The molecular formula is C16H15ClF3NOS. The molecule has 1 saturated carbocycles. The number of carbonyl (C=O) groups excluding carboxylic acids is 1. The summed E-state index contributed by atoms with van der Waals surface area (Å²) in [5.74, 6) is -0.484. The van der Waals surface area contributed by atoms with Crippen LogP contribution >= 0.6 is 22.9 Å². The van der Waals surface area contributed by atoms with Crippen LogP contribution in [0, 0.1) is 5.92 Å². The number of nitrogens with zero attached hydrogens (tertiary/aromatic N) is 1. The Morgan fingerprint density at radius 2 is 2.04 bits per heavy atom. The predicted molar refractivity (Wildman–Crippen MR) is 86.1 cm³/mol. The van der Waals surface area contributed by atoms with Crippen LogP contribution in [0.2, 0.25) is 5.02 Å². The van der Waals surface area contributed by atoms with Crippen molar-refractivity contribution in [2.45, 2.75) is 32.0 Å². The molecule has 0 aliphatic heterocycles. The van der Waals surface area contributed by atoms with E-state index >= 15 is 0 Å². The zero-order valence-electron chi connectivity index (χ0n) is 12.4. The van der Waals surface area contributed by atoms with Gasteiger partial charge in [-0.25, -0.2) is 0 Å². The molecule has 7 heteroatoms. The van der Waals surface area contributed by atoms with E-state index in [1.54, 1.807) is 25.1 Å². The van der Waals surface area contributed by atoms with Gasteiger partial charge in [0.05, 0.1) is 5.02 Å². The third-order valence-corrected chi connectivity index (χ3v) is 5.80. The summed E-state index contributed by atoms with van der Waals surface area (Å²) in [5, 5.41) is 0.944. The fourth-order valence-electron chi connectivity index (χ4n) is 2.71. The number of halogens is 4. The predicted octanol–water partition coefficient (Wildman–Crippen LogP) is 5.36. The molecule has 2 nitrogen and oxygen atoms in total. The summed E-state index contributed by atoms with van der Waals surface area (Å²) in [6, 6.07) is 6.73. The zero-order chi connectivity index (χ0) is 16.8. The van der Waals surface area contributed by atoms with E-state index < -0.39 is 24.7 Å². The van der Waals surface area contributed by atoms with Gasteiger partial charge in [0.15, 0.2) is 0 Å². The molecule has 0 spiro atoms. The van der Waals surface area contributed by atoms with Crippen molar-refractivity contribution in [3.05, 3.63) is 34.2 Å². The fraction of sp³-hybridized carbons (Fsp3) is 0.438. The maximum absolute atomic E-state index is 12.9. The maximum Gasteiger partial charge on any atom is 0.406 e. The van der Waals surface area contributed by atoms with Crippen LogP contribution in [0.15, 0.2) is 24.3 Å². The summed E-state index contributed by atoms with van der Waals surface area (Å²) >= 11 is 7.39. The lowest BCUT2D eigenvalue weighted by Crippen LogP contribution is -2.45. The molecule has 1 fully saturated rings. The Bertz CT molecular complexity index is 738. The lowest BCUT2D eigenvalue weighted by molar-refractivity contribution is -0.144. The Labute approximate surface area is 140 Å². The number of rotatable bonds is 4. The Morgan fingerprint density at radius 3 is 2.61 bits per heavy atom. The molecule has 0 radical (unpaired) electrons. The number of amides is 1. The summed E-state index contributed by atoms with van der Waals surface area (Å²) in [5.41, 5.74) is 0. The lowest BCUT2D eigenvalue weighted by atomic mass is 10.1. The molecule has 1 heterocycles. The van der Waals surface area contributed by atoms with Crippen LogP contribution in [-0.4, -0.2) is 29.6 Å². The van der Waals surface area contributed by atoms with Gasteiger partial charge in [-0.3, -0.25) is 4.79 Å². The molecule has 1 aromatic carbocycles. The number of thiophene rings is 1. The Kier molecular flexibility index (Phi) is 4.31. The van der Waals surface area contributed by atoms with Crippen LogP contribution in [0.3, 0.4) is 0 Å². The van der Waals surface area contributed by atoms with Crippen LogP contribution in [0.25, 0.3) is 10.1 Å². The number of hydrogen-bond acceptors (Lipinski definition) is 2. The third-order valence-electron chi connectivity index (χ3n) is 4.14. The van der Waals surface area contributed by atoms with Crippen molar-refractivity contribution >= 4 is 38.9 Å².